The van der Waals surface area contributed by atoms with E-state index < -0.39 is 70.2 Å². The predicted molar refractivity (Wildman–Crippen MR) is 148 cm³/mol. The van der Waals surface area contributed by atoms with Crippen molar-refractivity contribution in [3.63, 3.8) is 0 Å². The first-order chi connectivity index (χ1) is 19.2. The van der Waals surface area contributed by atoms with Crippen LogP contribution in [0, 0.1) is 22.7 Å². The molecule has 3 fully saturated rings. The monoisotopic (exact) mass is 570 g/mol. The number of methoxy groups -OCH3 is 2. The molecule has 1 aromatic carbocycles. The number of aliphatic hydroxyl groups is 1. The molecule has 224 valence electrons. The van der Waals surface area contributed by atoms with Crippen molar-refractivity contribution in [1.29, 1.82) is 0 Å². The van der Waals surface area contributed by atoms with Crippen LogP contribution in [0.3, 0.4) is 0 Å². The van der Waals surface area contributed by atoms with Gasteiger partial charge in [-0.05, 0) is 37.1 Å². The van der Waals surface area contributed by atoms with Gasteiger partial charge in [0.2, 0.25) is 0 Å². The summed E-state index contributed by atoms with van der Waals surface area (Å²) in [7, 11) is 3.10. The minimum Gasteiger partial charge on any atom is -0.455 e. The molecule has 1 N–H and O–H groups in total. The summed E-state index contributed by atoms with van der Waals surface area (Å²) >= 11 is 0. The average molecular weight is 571 g/mol. The van der Waals surface area contributed by atoms with Crippen LogP contribution in [-0.4, -0.2) is 79.3 Å². The van der Waals surface area contributed by atoms with Gasteiger partial charge in [-0.25, -0.2) is 4.79 Å². The number of carbonyl (C=O) groups is 3. The number of ketones is 1. The van der Waals surface area contributed by atoms with Gasteiger partial charge in [0.1, 0.15) is 23.6 Å². The van der Waals surface area contributed by atoms with Gasteiger partial charge in [-0.3, -0.25) is 9.59 Å². The third-order valence-electron chi connectivity index (χ3n) is 10.8. The maximum absolute atomic E-state index is 14.9. The molecule has 3 aliphatic carbocycles. The number of hydrogen-bond donors (Lipinski definition) is 1. The van der Waals surface area contributed by atoms with Crippen LogP contribution in [0.5, 0.6) is 0 Å². The van der Waals surface area contributed by atoms with Crippen LogP contribution < -0.4 is 0 Å². The van der Waals surface area contributed by atoms with Crippen LogP contribution in [0.15, 0.2) is 41.5 Å². The van der Waals surface area contributed by atoms with Gasteiger partial charge < -0.3 is 28.8 Å². The highest BCUT2D eigenvalue weighted by Gasteiger charge is 2.77. The summed E-state index contributed by atoms with van der Waals surface area (Å²) in [6.07, 6.45) is -2.68. The fraction of sp³-hybridized carbons (Fsp3) is 0.656. The van der Waals surface area contributed by atoms with E-state index in [2.05, 4.69) is 0 Å². The molecule has 41 heavy (non-hydrogen) atoms. The molecule has 4 aliphatic rings. The molecular formula is C32H42O9. The number of rotatable bonds is 5. The van der Waals surface area contributed by atoms with E-state index in [9.17, 15) is 19.5 Å². The fourth-order valence-electron chi connectivity index (χ4n) is 8.72. The summed E-state index contributed by atoms with van der Waals surface area (Å²) in [6.45, 7) is 10.7. The summed E-state index contributed by atoms with van der Waals surface area (Å²) in [5.74, 6) is -2.95. The number of fused-ring (bicyclic) bond motifs is 5. The second-order valence-corrected chi connectivity index (χ2v) is 12.9. The van der Waals surface area contributed by atoms with E-state index in [1.54, 1.807) is 44.4 Å². The molecule has 9 heteroatoms. The van der Waals surface area contributed by atoms with Gasteiger partial charge in [-0.1, -0.05) is 39.0 Å². The van der Waals surface area contributed by atoms with E-state index in [1.165, 1.54) is 14.0 Å². The first-order valence-corrected chi connectivity index (χ1v) is 14.3. The van der Waals surface area contributed by atoms with Crippen molar-refractivity contribution in [2.45, 2.75) is 90.0 Å². The van der Waals surface area contributed by atoms with E-state index >= 15 is 0 Å². The SMILES string of the molecule is CO[C@H]1C[C@@]2(O)[C@@H](OC(=O)c3ccccc3)[C@@H]3[C@]4(OC(C)=O)CO[C@@H]4C[C@H](OC)[C@@]3(C)C(=O)[C@H](C)C(=C1C)C2(C)C. The van der Waals surface area contributed by atoms with Gasteiger partial charge in [-0.2, -0.15) is 0 Å². The molecule has 1 aromatic rings. The second kappa shape index (κ2) is 10.0. The molecule has 0 unspecified atom stereocenters. The lowest BCUT2D eigenvalue weighted by molar-refractivity contribution is -0.347. The van der Waals surface area contributed by atoms with Gasteiger partial charge in [-0.15, -0.1) is 0 Å². The van der Waals surface area contributed by atoms with Gasteiger partial charge >= 0.3 is 11.9 Å². The summed E-state index contributed by atoms with van der Waals surface area (Å²) in [4.78, 5) is 41.4. The number of esters is 2. The Morgan fingerprint density at radius 2 is 1.73 bits per heavy atom. The molecular weight excluding hydrogens is 528 g/mol. The van der Waals surface area contributed by atoms with E-state index in [4.69, 9.17) is 23.7 Å². The molecule has 0 spiro atoms. The molecule has 0 amide bonds. The molecule has 0 radical (unpaired) electrons. The molecule has 2 bridgehead atoms. The maximum Gasteiger partial charge on any atom is 0.338 e. The average Bonchev–Trinajstić information content (AvgIpc) is 2.92. The van der Waals surface area contributed by atoms with E-state index in [0.29, 0.717) is 12.0 Å². The summed E-state index contributed by atoms with van der Waals surface area (Å²) in [5, 5.41) is 13.1. The van der Waals surface area contributed by atoms with Crippen LogP contribution in [0.1, 0.15) is 64.7 Å². The zero-order valence-corrected chi connectivity index (χ0v) is 25.2. The number of carbonyl (C=O) groups excluding carboxylic acids is 3. The molecule has 1 aliphatic heterocycles. The summed E-state index contributed by atoms with van der Waals surface area (Å²) in [6, 6.07) is 8.52. The van der Waals surface area contributed by atoms with Crippen molar-refractivity contribution in [1.82, 2.24) is 0 Å². The Morgan fingerprint density at radius 3 is 2.27 bits per heavy atom. The van der Waals surface area contributed by atoms with E-state index in [0.717, 1.165) is 11.1 Å². The van der Waals surface area contributed by atoms with Crippen molar-refractivity contribution < 1.29 is 43.2 Å². The predicted octanol–water partition coefficient (Wildman–Crippen LogP) is 3.67. The Morgan fingerprint density at radius 1 is 1.07 bits per heavy atom. The van der Waals surface area contributed by atoms with Crippen molar-refractivity contribution in [2.75, 3.05) is 20.8 Å². The normalized spacial score (nSPS) is 41.2. The highest BCUT2D eigenvalue weighted by molar-refractivity contribution is 5.92. The van der Waals surface area contributed by atoms with Crippen LogP contribution >= 0.6 is 0 Å². The van der Waals surface area contributed by atoms with Crippen molar-refractivity contribution in [3.8, 4) is 0 Å². The quantitative estimate of drug-likeness (QED) is 0.418. The molecule has 1 heterocycles. The van der Waals surface area contributed by atoms with Gasteiger partial charge in [0.05, 0.1) is 35.7 Å². The van der Waals surface area contributed by atoms with Crippen molar-refractivity contribution in [2.24, 2.45) is 22.7 Å². The standard InChI is InChI=1S/C32H42O9/c1-17-21(37-7)15-32(36)27(40-28(35)20-12-10-9-11-13-20)25-30(6,26(34)18(2)24(17)29(32,4)5)22(38-8)14-23-31(25,16-39-23)41-19(3)33/h9-13,18,21-23,25,27,36H,14-16H2,1-8H3/t18-,21+,22+,23-,25+,27+,30-,31+,32-/m1/s1. The fourth-order valence-corrected chi connectivity index (χ4v) is 8.72. The second-order valence-electron chi connectivity index (χ2n) is 12.9. The largest absolute Gasteiger partial charge is 0.455 e. The van der Waals surface area contributed by atoms with Gasteiger partial charge in [0.15, 0.2) is 5.60 Å². The Kier molecular flexibility index (Phi) is 7.29. The number of benzene rings is 1. The van der Waals surface area contributed by atoms with Crippen LogP contribution in [0.4, 0.5) is 0 Å². The zero-order valence-electron chi connectivity index (χ0n) is 25.2. The smallest absolute Gasteiger partial charge is 0.338 e. The summed E-state index contributed by atoms with van der Waals surface area (Å²) < 4.78 is 30.3. The molecule has 9 atom stereocenters. The van der Waals surface area contributed by atoms with Crippen molar-refractivity contribution in [3.05, 3.63) is 47.0 Å². The van der Waals surface area contributed by atoms with Crippen LogP contribution in [0.25, 0.3) is 0 Å². The Balaban J connectivity index is 1.83. The lowest BCUT2D eigenvalue weighted by atomic mass is 9.43. The van der Waals surface area contributed by atoms with Gasteiger partial charge in [0, 0.05) is 45.3 Å². The number of ether oxygens (including phenoxy) is 5. The van der Waals surface area contributed by atoms with Gasteiger partial charge in [0.25, 0.3) is 0 Å². The first kappa shape index (κ1) is 29.9. The zero-order chi connectivity index (χ0) is 30.1. The molecule has 2 saturated carbocycles. The third kappa shape index (κ3) is 3.99. The minimum atomic E-state index is -1.73. The maximum atomic E-state index is 14.9. The molecule has 0 aromatic heterocycles. The minimum absolute atomic E-state index is 0.000918. The molecule has 1 saturated heterocycles. The molecule has 5 rings (SSSR count). The number of hydrogen-bond acceptors (Lipinski definition) is 9. The highest BCUT2D eigenvalue weighted by atomic mass is 16.6. The molecule has 9 nitrogen and oxygen atoms in total. The Hall–Kier alpha value is -2.59. The van der Waals surface area contributed by atoms with E-state index in [1.807, 2.05) is 27.7 Å². The summed E-state index contributed by atoms with van der Waals surface area (Å²) in [5.41, 5.74) is -3.46. The Bertz CT molecular complexity index is 1270. The topological polar surface area (TPSA) is 118 Å². The third-order valence-corrected chi connectivity index (χ3v) is 10.8. The van der Waals surface area contributed by atoms with Crippen LogP contribution in [-0.2, 0) is 33.3 Å². The lowest BCUT2D eigenvalue weighted by Gasteiger charge is -2.68. The number of Topliss-reactive ketones (excluding diaryl/α,β-unsaturated/α-hetero) is 1. The first-order valence-electron chi connectivity index (χ1n) is 14.3. The lowest BCUT2D eigenvalue weighted by Crippen LogP contribution is -2.81. The van der Waals surface area contributed by atoms with Crippen molar-refractivity contribution >= 4 is 17.7 Å². The van der Waals surface area contributed by atoms with Crippen LogP contribution in [0.2, 0.25) is 0 Å². The van der Waals surface area contributed by atoms with E-state index in [-0.39, 0.29) is 18.8 Å². The Labute approximate surface area is 241 Å². The highest BCUT2D eigenvalue weighted by Crippen LogP contribution is 2.65.